The second kappa shape index (κ2) is 9.65. The van der Waals surface area contributed by atoms with E-state index in [-0.39, 0.29) is 29.8 Å². The standard InChI is InChI=1S/C20H22FN5O3S/c21-17-5-1-2-6-18(17)30(28,29)26-12-7-15(8-13-26)20(27)25-11-10-24-19-16(14-22)4-3-9-23-19/h1-6,9,15H,7-8,10-13H2,(H,23,24)(H,25,27). The molecule has 1 fully saturated rings. The van der Waals surface area contributed by atoms with E-state index in [0.29, 0.717) is 37.3 Å². The van der Waals surface area contributed by atoms with Gasteiger partial charge in [0.05, 0.1) is 5.56 Å². The number of carbonyl (C=O) groups is 1. The first kappa shape index (κ1) is 21.7. The Kier molecular flexibility index (Phi) is 6.97. The lowest BCUT2D eigenvalue weighted by molar-refractivity contribution is -0.126. The van der Waals surface area contributed by atoms with E-state index < -0.39 is 15.8 Å². The number of halogens is 1. The molecule has 0 atom stereocenters. The molecule has 1 saturated heterocycles. The van der Waals surface area contributed by atoms with Gasteiger partial charge in [0, 0.05) is 38.3 Å². The maximum Gasteiger partial charge on any atom is 0.245 e. The Hall–Kier alpha value is -3.03. The third-order valence-corrected chi connectivity index (χ3v) is 6.86. The highest BCUT2D eigenvalue weighted by atomic mass is 32.2. The minimum absolute atomic E-state index is 0.152. The number of benzene rings is 1. The van der Waals surface area contributed by atoms with E-state index in [9.17, 15) is 17.6 Å². The molecule has 1 aliphatic rings. The van der Waals surface area contributed by atoms with Gasteiger partial charge in [-0.25, -0.2) is 17.8 Å². The van der Waals surface area contributed by atoms with Crippen molar-refractivity contribution < 1.29 is 17.6 Å². The number of anilines is 1. The quantitative estimate of drug-likeness (QED) is 0.645. The van der Waals surface area contributed by atoms with Gasteiger partial charge in [0.15, 0.2) is 0 Å². The number of sulfonamides is 1. The first-order valence-corrected chi connectivity index (χ1v) is 11.0. The fourth-order valence-electron chi connectivity index (χ4n) is 3.30. The van der Waals surface area contributed by atoms with E-state index in [1.165, 1.54) is 22.5 Å². The largest absolute Gasteiger partial charge is 0.367 e. The summed E-state index contributed by atoms with van der Waals surface area (Å²) in [5.74, 6) is -0.777. The van der Waals surface area contributed by atoms with E-state index in [0.717, 1.165) is 6.07 Å². The molecule has 2 N–H and O–H groups in total. The Labute approximate surface area is 174 Å². The average molecular weight is 431 g/mol. The third-order valence-electron chi connectivity index (χ3n) is 4.92. The van der Waals surface area contributed by atoms with Crippen LogP contribution in [0.4, 0.5) is 10.2 Å². The molecule has 0 radical (unpaired) electrons. The number of hydrogen-bond acceptors (Lipinski definition) is 6. The minimum Gasteiger partial charge on any atom is -0.367 e. The predicted octanol–water partition coefficient (Wildman–Crippen LogP) is 1.72. The number of nitriles is 1. The molecular formula is C20H22FN5O3S. The van der Waals surface area contributed by atoms with Crippen molar-refractivity contribution in [2.45, 2.75) is 17.7 Å². The lowest BCUT2D eigenvalue weighted by atomic mass is 9.97. The van der Waals surface area contributed by atoms with Crippen LogP contribution in [0.25, 0.3) is 0 Å². The highest BCUT2D eigenvalue weighted by Crippen LogP contribution is 2.25. The van der Waals surface area contributed by atoms with Crippen molar-refractivity contribution >= 4 is 21.7 Å². The van der Waals surface area contributed by atoms with Crippen LogP contribution in [-0.4, -0.2) is 49.8 Å². The van der Waals surface area contributed by atoms with Crippen molar-refractivity contribution in [2.24, 2.45) is 5.92 Å². The summed E-state index contributed by atoms with van der Waals surface area (Å²) >= 11 is 0. The van der Waals surface area contributed by atoms with E-state index in [2.05, 4.69) is 15.6 Å². The van der Waals surface area contributed by atoms with Crippen LogP contribution in [-0.2, 0) is 14.8 Å². The molecule has 0 unspecified atom stereocenters. The fourth-order valence-corrected chi connectivity index (χ4v) is 4.83. The Morgan fingerprint density at radius 1 is 1.20 bits per heavy atom. The number of nitrogens with one attached hydrogen (secondary N) is 2. The molecule has 2 aromatic rings. The molecule has 10 heteroatoms. The molecule has 1 amide bonds. The smallest absolute Gasteiger partial charge is 0.245 e. The minimum atomic E-state index is -3.92. The Morgan fingerprint density at radius 3 is 2.63 bits per heavy atom. The molecule has 0 bridgehead atoms. The van der Waals surface area contributed by atoms with Gasteiger partial charge in [0.25, 0.3) is 0 Å². The first-order valence-electron chi connectivity index (χ1n) is 9.55. The molecule has 0 saturated carbocycles. The lowest BCUT2D eigenvalue weighted by Gasteiger charge is -2.30. The lowest BCUT2D eigenvalue weighted by Crippen LogP contribution is -2.43. The van der Waals surface area contributed by atoms with Gasteiger partial charge < -0.3 is 10.6 Å². The number of pyridine rings is 1. The van der Waals surface area contributed by atoms with Gasteiger partial charge in [-0.2, -0.15) is 9.57 Å². The number of hydrogen-bond donors (Lipinski definition) is 2. The predicted molar refractivity (Wildman–Crippen MR) is 108 cm³/mol. The van der Waals surface area contributed by atoms with Crippen LogP contribution in [0.5, 0.6) is 0 Å². The van der Waals surface area contributed by atoms with Crippen LogP contribution in [0.3, 0.4) is 0 Å². The van der Waals surface area contributed by atoms with Gasteiger partial charge >= 0.3 is 0 Å². The summed E-state index contributed by atoms with van der Waals surface area (Å²) in [6.45, 7) is 1.06. The molecule has 3 rings (SSSR count). The third kappa shape index (κ3) is 4.93. The van der Waals surface area contributed by atoms with Crippen molar-refractivity contribution in [3.63, 3.8) is 0 Å². The summed E-state index contributed by atoms with van der Waals surface area (Å²) in [7, 11) is -3.92. The van der Waals surface area contributed by atoms with Crippen molar-refractivity contribution in [1.82, 2.24) is 14.6 Å². The molecule has 8 nitrogen and oxygen atoms in total. The van der Waals surface area contributed by atoms with E-state index in [1.54, 1.807) is 18.3 Å². The summed E-state index contributed by atoms with van der Waals surface area (Å²) in [5, 5.41) is 14.8. The summed E-state index contributed by atoms with van der Waals surface area (Å²) < 4.78 is 40.4. The van der Waals surface area contributed by atoms with Crippen LogP contribution in [0.1, 0.15) is 18.4 Å². The monoisotopic (exact) mass is 431 g/mol. The first-order chi connectivity index (χ1) is 14.4. The molecule has 30 heavy (non-hydrogen) atoms. The zero-order valence-electron chi connectivity index (χ0n) is 16.2. The number of carbonyl (C=O) groups excluding carboxylic acids is 1. The zero-order chi connectivity index (χ0) is 21.6. The number of rotatable bonds is 7. The van der Waals surface area contributed by atoms with Crippen molar-refractivity contribution in [3.05, 3.63) is 54.0 Å². The molecule has 1 aliphatic heterocycles. The SMILES string of the molecule is N#Cc1cccnc1NCCNC(=O)C1CCN(S(=O)(=O)c2ccccc2F)CC1. The second-order valence-corrected chi connectivity index (χ2v) is 8.74. The van der Waals surface area contributed by atoms with Crippen molar-refractivity contribution in [2.75, 3.05) is 31.5 Å². The van der Waals surface area contributed by atoms with Crippen LogP contribution >= 0.6 is 0 Å². The van der Waals surface area contributed by atoms with E-state index in [1.807, 2.05) is 6.07 Å². The van der Waals surface area contributed by atoms with Crippen molar-refractivity contribution in [1.29, 1.82) is 5.26 Å². The number of amides is 1. The molecule has 0 aliphatic carbocycles. The summed E-state index contributed by atoms with van der Waals surface area (Å²) in [4.78, 5) is 16.1. The van der Waals surface area contributed by atoms with Crippen molar-refractivity contribution in [3.8, 4) is 6.07 Å². The summed E-state index contributed by atoms with van der Waals surface area (Å²) in [6.07, 6.45) is 2.31. The van der Waals surface area contributed by atoms with E-state index in [4.69, 9.17) is 5.26 Å². The normalized spacial score (nSPS) is 15.3. The highest BCUT2D eigenvalue weighted by molar-refractivity contribution is 7.89. The molecule has 158 valence electrons. The maximum atomic E-state index is 13.9. The maximum absolute atomic E-state index is 13.9. The van der Waals surface area contributed by atoms with E-state index >= 15 is 0 Å². The summed E-state index contributed by atoms with van der Waals surface area (Å²) in [5.41, 5.74) is 0.423. The van der Waals surface area contributed by atoms with Crippen LogP contribution in [0.15, 0.2) is 47.5 Å². The van der Waals surface area contributed by atoms with Gasteiger partial charge in [-0.15, -0.1) is 0 Å². The molecule has 2 heterocycles. The van der Waals surface area contributed by atoms with Gasteiger partial charge in [-0.3, -0.25) is 4.79 Å². The van der Waals surface area contributed by atoms with Gasteiger partial charge in [0.2, 0.25) is 15.9 Å². The Bertz CT molecular complexity index is 1050. The number of piperidine rings is 1. The second-order valence-electron chi connectivity index (χ2n) is 6.84. The Balaban J connectivity index is 1.46. The fraction of sp³-hybridized carbons (Fsp3) is 0.350. The number of nitrogens with zero attached hydrogens (tertiary/aromatic N) is 3. The number of aromatic nitrogens is 1. The van der Waals surface area contributed by atoms with Gasteiger partial charge in [-0.05, 0) is 37.1 Å². The molecule has 0 spiro atoms. The van der Waals surface area contributed by atoms with Crippen LogP contribution in [0.2, 0.25) is 0 Å². The molecule has 1 aromatic heterocycles. The van der Waals surface area contributed by atoms with Gasteiger partial charge in [0.1, 0.15) is 22.6 Å². The summed E-state index contributed by atoms with van der Waals surface area (Å²) in [6, 6.07) is 10.6. The topological polar surface area (TPSA) is 115 Å². The molecular weight excluding hydrogens is 409 g/mol. The van der Waals surface area contributed by atoms with Crippen LogP contribution < -0.4 is 10.6 Å². The molecule has 1 aromatic carbocycles. The van der Waals surface area contributed by atoms with Gasteiger partial charge in [-0.1, -0.05) is 12.1 Å². The van der Waals surface area contributed by atoms with Crippen LogP contribution in [0, 0.1) is 23.1 Å². The average Bonchev–Trinajstić information content (AvgIpc) is 2.77. The Morgan fingerprint density at radius 2 is 1.93 bits per heavy atom. The zero-order valence-corrected chi connectivity index (χ0v) is 17.0. The highest BCUT2D eigenvalue weighted by Gasteiger charge is 2.33.